The van der Waals surface area contributed by atoms with Crippen molar-refractivity contribution in [1.82, 2.24) is 19.6 Å². The number of amidine groups is 1. The van der Waals surface area contributed by atoms with Crippen molar-refractivity contribution in [3.05, 3.63) is 66.0 Å². The second-order valence-electron chi connectivity index (χ2n) is 13.1. The van der Waals surface area contributed by atoms with Crippen molar-refractivity contribution < 1.29 is 9.59 Å². The van der Waals surface area contributed by atoms with Crippen LogP contribution in [0.25, 0.3) is 22.3 Å². The van der Waals surface area contributed by atoms with E-state index in [2.05, 4.69) is 72.3 Å². The number of benzene rings is 2. The molecule has 3 saturated carbocycles. The van der Waals surface area contributed by atoms with Crippen molar-refractivity contribution in [3.63, 3.8) is 0 Å². The Labute approximate surface area is 234 Å². The van der Waals surface area contributed by atoms with E-state index in [-0.39, 0.29) is 17.2 Å². The normalized spacial score (nSPS) is 22.4. The van der Waals surface area contributed by atoms with Crippen molar-refractivity contribution in [2.75, 3.05) is 19.6 Å². The lowest BCUT2D eigenvalue weighted by Gasteiger charge is -2.42. The highest BCUT2D eigenvalue weighted by Crippen LogP contribution is 2.49. The van der Waals surface area contributed by atoms with Crippen LogP contribution in [-0.2, 0) is 9.59 Å². The summed E-state index contributed by atoms with van der Waals surface area (Å²) in [5, 5.41) is 4.53. The average molecular weight is 534 g/mol. The zero-order chi connectivity index (χ0) is 27.2. The Hall–Kier alpha value is -3.74. The van der Waals surface area contributed by atoms with Gasteiger partial charge in [-0.1, -0.05) is 49.4 Å². The van der Waals surface area contributed by atoms with Gasteiger partial charge in [-0.25, -0.2) is 0 Å². The summed E-state index contributed by atoms with van der Waals surface area (Å²) >= 11 is 0. The van der Waals surface area contributed by atoms with Gasteiger partial charge < -0.3 is 4.90 Å². The highest BCUT2D eigenvalue weighted by molar-refractivity contribution is 6.17. The molecule has 0 unspecified atom stereocenters. The van der Waals surface area contributed by atoms with Gasteiger partial charge in [0.25, 0.3) is 5.91 Å². The molecule has 3 aromatic rings. The van der Waals surface area contributed by atoms with E-state index in [4.69, 9.17) is 4.99 Å². The Bertz CT molecular complexity index is 1570. The van der Waals surface area contributed by atoms with Crippen LogP contribution >= 0.6 is 0 Å². The summed E-state index contributed by atoms with van der Waals surface area (Å²) in [5.41, 5.74) is 6.13. The van der Waals surface area contributed by atoms with E-state index in [1.165, 1.54) is 18.4 Å². The predicted octanol–water partition coefficient (Wildman–Crippen LogP) is 5.24. The van der Waals surface area contributed by atoms with E-state index in [1.54, 1.807) is 0 Å². The highest BCUT2D eigenvalue weighted by Gasteiger charge is 2.58. The first-order valence-corrected chi connectivity index (χ1v) is 14.8. The molecule has 0 bridgehead atoms. The number of carbonyl (C=O) groups is 2. The molecule has 4 fully saturated rings. The minimum atomic E-state index is -0.537. The fourth-order valence-electron chi connectivity index (χ4n) is 6.34. The summed E-state index contributed by atoms with van der Waals surface area (Å²) < 4.78 is 2.09. The van der Waals surface area contributed by atoms with Crippen LogP contribution in [0.3, 0.4) is 0 Å². The second kappa shape index (κ2) is 8.38. The maximum atomic E-state index is 13.4. The molecule has 1 spiro atoms. The van der Waals surface area contributed by atoms with Gasteiger partial charge in [-0.2, -0.15) is 5.10 Å². The van der Waals surface area contributed by atoms with Crippen LogP contribution in [0.4, 0.5) is 0 Å². The number of aliphatic imine (C=N–C) groups is 1. The first-order chi connectivity index (χ1) is 19.3. The van der Waals surface area contributed by atoms with Crippen LogP contribution in [0.5, 0.6) is 0 Å². The van der Waals surface area contributed by atoms with Crippen LogP contribution in [0.2, 0.25) is 0 Å². The van der Waals surface area contributed by atoms with Crippen molar-refractivity contribution in [2.45, 2.75) is 64.0 Å². The van der Waals surface area contributed by atoms with Gasteiger partial charge in [-0.3, -0.25) is 24.2 Å². The van der Waals surface area contributed by atoms with Gasteiger partial charge in [0.2, 0.25) is 5.91 Å². The highest BCUT2D eigenvalue weighted by atomic mass is 16.2. The zero-order valence-electron chi connectivity index (χ0n) is 23.3. The van der Waals surface area contributed by atoms with Gasteiger partial charge in [0, 0.05) is 48.3 Å². The van der Waals surface area contributed by atoms with Gasteiger partial charge in [0.05, 0.1) is 12.2 Å². The summed E-state index contributed by atoms with van der Waals surface area (Å²) in [6.45, 7) is 6.31. The topological polar surface area (TPSA) is 70.8 Å². The van der Waals surface area contributed by atoms with Crippen LogP contribution in [0.15, 0.2) is 59.9 Å². The van der Waals surface area contributed by atoms with Crippen molar-refractivity contribution in [1.29, 1.82) is 0 Å². The standard InChI is InChI=1S/C33H35N5O2/c1-21-15-25(23-3-5-24(6-4-23)26-16-34-38(20-26)27-8-9-27)7-10-28(21)29-35-33(13-14-33)31(40)37(29)19-22-17-36(18-22)30(39)32(2)11-12-32/h3-7,10,15-16,20,22,27H,8-9,11-14,17-19H2,1-2H3. The largest absolute Gasteiger partial charge is 0.341 e. The molecule has 204 valence electrons. The van der Waals surface area contributed by atoms with E-state index < -0.39 is 5.54 Å². The summed E-state index contributed by atoms with van der Waals surface area (Å²) in [6, 6.07) is 15.7. The number of hydrogen-bond acceptors (Lipinski definition) is 4. The maximum absolute atomic E-state index is 13.4. The molecule has 1 saturated heterocycles. The number of aryl methyl sites for hydroxylation is 1. The Kier molecular flexibility index (Phi) is 5.05. The summed E-state index contributed by atoms with van der Waals surface area (Å²) in [4.78, 5) is 35.1. The lowest BCUT2D eigenvalue weighted by atomic mass is 9.95. The molecule has 5 aliphatic rings. The molecule has 0 N–H and O–H groups in total. The molecular weight excluding hydrogens is 498 g/mol. The van der Waals surface area contributed by atoms with Gasteiger partial charge in [0.15, 0.2) is 0 Å². The summed E-state index contributed by atoms with van der Waals surface area (Å²) in [6.07, 6.45) is 10.2. The molecular formula is C33H35N5O2. The molecule has 2 aromatic carbocycles. The smallest absolute Gasteiger partial charge is 0.256 e. The molecule has 0 atom stereocenters. The Balaban J connectivity index is 0.997. The first-order valence-electron chi connectivity index (χ1n) is 14.8. The van der Waals surface area contributed by atoms with Crippen LogP contribution < -0.4 is 0 Å². The number of rotatable bonds is 7. The number of amides is 2. The molecule has 7 heteroatoms. The minimum absolute atomic E-state index is 0.127. The first kappa shape index (κ1) is 24.1. The Morgan fingerprint density at radius 3 is 2.25 bits per heavy atom. The maximum Gasteiger partial charge on any atom is 0.256 e. The monoisotopic (exact) mass is 533 g/mol. The van der Waals surface area contributed by atoms with Gasteiger partial charge >= 0.3 is 0 Å². The average Bonchev–Trinajstić information content (AvgIpc) is 3.88. The SMILES string of the molecule is Cc1cc(-c2ccc(-c3cnn(C4CC4)c3)cc2)ccc1C1=NC2(CC2)C(=O)N1CC1CN(C(=O)C2(C)CC2)C1. The Morgan fingerprint density at radius 2 is 1.62 bits per heavy atom. The third-order valence-electron chi connectivity index (χ3n) is 9.69. The number of nitrogens with zero attached hydrogens (tertiary/aromatic N) is 5. The summed E-state index contributed by atoms with van der Waals surface area (Å²) in [7, 11) is 0. The molecule has 0 radical (unpaired) electrons. The van der Waals surface area contributed by atoms with E-state index in [0.717, 1.165) is 72.4 Å². The van der Waals surface area contributed by atoms with Crippen molar-refractivity contribution in [2.24, 2.45) is 16.3 Å². The number of likely N-dealkylation sites (tertiary alicyclic amines) is 1. The van der Waals surface area contributed by atoms with Crippen molar-refractivity contribution in [3.8, 4) is 22.3 Å². The summed E-state index contributed by atoms with van der Waals surface area (Å²) in [5.74, 6) is 1.56. The van der Waals surface area contributed by atoms with Gasteiger partial charge in [-0.15, -0.1) is 0 Å². The van der Waals surface area contributed by atoms with Gasteiger partial charge in [-0.05, 0) is 67.7 Å². The molecule has 8 rings (SSSR count). The molecule has 2 aliphatic heterocycles. The van der Waals surface area contributed by atoms with Crippen molar-refractivity contribution >= 4 is 17.6 Å². The zero-order valence-corrected chi connectivity index (χ0v) is 23.3. The fourth-order valence-corrected chi connectivity index (χ4v) is 6.34. The second-order valence-corrected chi connectivity index (χ2v) is 13.1. The minimum Gasteiger partial charge on any atom is -0.341 e. The molecule has 3 heterocycles. The molecule has 1 aromatic heterocycles. The molecule has 2 amide bonds. The number of aromatic nitrogens is 2. The molecule has 3 aliphatic carbocycles. The van der Waals surface area contributed by atoms with Crippen LogP contribution in [0.1, 0.15) is 62.6 Å². The number of hydrogen-bond donors (Lipinski definition) is 0. The number of carbonyl (C=O) groups excluding carboxylic acids is 2. The van der Waals surface area contributed by atoms with Crippen LogP contribution in [0, 0.1) is 18.3 Å². The quantitative estimate of drug-likeness (QED) is 0.417. The predicted molar refractivity (Wildman–Crippen MR) is 154 cm³/mol. The molecule has 40 heavy (non-hydrogen) atoms. The van der Waals surface area contributed by atoms with Crippen LogP contribution in [-0.4, -0.2) is 62.4 Å². The lowest BCUT2D eigenvalue weighted by molar-refractivity contribution is -0.143. The fraction of sp³-hybridized carbons (Fsp3) is 0.455. The van der Waals surface area contributed by atoms with E-state index in [0.29, 0.717) is 18.5 Å². The van der Waals surface area contributed by atoms with E-state index in [1.807, 2.05) is 16.0 Å². The third kappa shape index (κ3) is 3.93. The third-order valence-corrected chi connectivity index (χ3v) is 9.69. The lowest BCUT2D eigenvalue weighted by Crippen LogP contribution is -2.56. The van der Waals surface area contributed by atoms with Gasteiger partial charge in [0.1, 0.15) is 11.4 Å². The Morgan fingerprint density at radius 1 is 0.950 bits per heavy atom. The van der Waals surface area contributed by atoms with E-state index >= 15 is 0 Å². The van der Waals surface area contributed by atoms with E-state index in [9.17, 15) is 9.59 Å². The molecule has 7 nitrogen and oxygen atoms in total.